The van der Waals surface area contributed by atoms with E-state index in [2.05, 4.69) is 10.6 Å². The number of nitrogens with one attached hydrogen (secondary N) is 2. The molecule has 1 aliphatic carbocycles. The summed E-state index contributed by atoms with van der Waals surface area (Å²) in [4.78, 5) is 12.3. The van der Waals surface area contributed by atoms with Gasteiger partial charge < -0.3 is 10.6 Å². The van der Waals surface area contributed by atoms with Crippen LogP contribution in [0.2, 0.25) is 0 Å². The predicted octanol–water partition coefficient (Wildman–Crippen LogP) is 3.22. The first-order valence-electron chi connectivity index (χ1n) is 6.84. The van der Waals surface area contributed by atoms with Crippen LogP contribution in [-0.4, -0.2) is 19.0 Å². The maximum absolute atomic E-state index is 12.3. The summed E-state index contributed by atoms with van der Waals surface area (Å²) in [5.41, 5.74) is 0.874. The Kier molecular flexibility index (Phi) is 6.89. The first-order chi connectivity index (χ1) is 8.81. The van der Waals surface area contributed by atoms with Crippen molar-refractivity contribution in [2.75, 3.05) is 12.4 Å². The number of likely N-dealkylation sites (N-methyl/N-ethyl adjacent to an activating group) is 1. The molecule has 1 saturated carbocycles. The van der Waals surface area contributed by atoms with Crippen LogP contribution in [0.4, 0.5) is 5.69 Å². The lowest BCUT2D eigenvalue weighted by Gasteiger charge is -2.29. The van der Waals surface area contributed by atoms with Crippen molar-refractivity contribution in [3.63, 3.8) is 0 Å². The van der Waals surface area contributed by atoms with Crippen LogP contribution in [0, 0.1) is 5.92 Å². The van der Waals surface area contributed by atoms with Crippen LogP contribution in [0.5, 0.6) is 0 Å². The largest absolute Gasteiger partial charge is 0.325 e. The average molecular weight is 283 g/mol. The molecule has 0 heterocycles. The Bertz CT molecular complexity index is 377. The Hall–Kier alpha value is -1.06. The molecule has 0 radical (unpaired) electrons. The Morgan fingerprint density at radius 3 is 2.37 bits per heavy atom. The van der Waals surface area contributed by atoms with Crippen LogP contribution >= 0.6 is 12.4 Å². The van der Waals surface area contributed by atoms with E-state index in [1.165, 1.54) is 19.3 Å². The molecule has 0 aromatic heterocycles. The highest BCUT2D eigenvalue weighted by Gasteiger charge is 2.27. The van der Waals surface area contributed by atoms with Gasteiger partial charge in [-0.05, 0) is 37.9 Å². The zero-order chi connectivity index (χ0) is 12.8. The fourth-order valence-corrected chi connectivity index (χ4v) is 2.79. The van der Waals surface area contributed by atoms with Gasteiger partial charge in [0.15, 0.2) is 0 Å². The number of halogens is 1. The van der Waals surface area contributed by atoms with Crippen LogP contribution in [0.3, 0.4) is 0 Å². The molecule has 1 amide bonds. The molecule has 0 aliphatic heterocycles. The zero-order valence-electron chi connectivity index (χ0n) is 11.4. The van der Waals surface area contributed by atoms with Crippen molar-refractivity contribution in [1.82, 2.24) is 5.32 Å². The number of amides is 1. The van der Waals surface area contributed by atoms with Crippen LogP contribution in [0.1, 0.15) is 32.1 Å². The predicted molar refractivity (Wildman–Crippen MR) is 81.7 cm³/mol. The molecule has 2 N–H and O–H groups in total. The molecule has 1 fully saturated rings. The van der Waals surface area contributed by atoms with Crippen molar-refractivity contribution in [2.24, 2.45) is 5.92 Å². The second kappa shape index (κ2) is 8.18. The molecule has 2 rings (SSSR count). The molecule has 0 unspecified atom stereocenters. The SMILES string of the molecule is CN[C@@H](C(=O)Nc1ccccc1)C1CCCCC1.Cl. The Balaban J connectivity index is 0.00000180. The number of hydrogen-bond acceptors (Lipinski definition) is 2. The van der Waals surface area contributed by atoms with Gasteiger partial charge in [0.2, 0.25) is 5.91 Å². The van der Waals surface area contributed by atoms with Crippen molar-refractivity contribution in [2.45, 2.75) is 38.1 Å². The van der Waals surface area contributed by atoms with Gasteiger partial charge in [-0.25, -0.2) is 0 Å². The first kappa shape index (κ1) is 16.0. The standard InChI is InChI=1S/C15H22N2O.ClH/c1-16-14(12-8-4-2-5-9-12)15(18)17-13-10-6-3-7-11-13;/h3,6-7,10-12,14,16H,2,4-5,8-9H2,1H3,(H,17,18);1H/t14-;/m1./s1. The highest BCUT2D eigenvalue weighted by molar-refractivity contribution is 5.95. The van der Waals surface area contributed by atoms with Crippen LogP contribution in [0.25, 0.3) is 0 Å². The summed E-state index contributed by atoms with van der Waals surface area (Å²) in [6.07, 6.45) is 6.14. The lowest BCUT2D eigenvalue weighted by molar-refractivity contribution is -0.119. The number of carbonyl (C=O) groups is 1. The molecule has 19 heavy (non-hydrogen) atoms. The van der Waals surface area contributed by atoms with E-state index < -0.39 is 0 Å². The molecule has 1 aliphatic rings. The summed E-state index contributed by atoms with van der Waals surface area (Å²) < 4.78 is 0. The van der Waals surface area contributed by atoms with Gasteiger partial charge in [0.1, 0.15) is 0 Å². The fourth-order valence-electron chi connectivity index (χ4n) is 2.79. The molecule has 1 aromatic carbocycles. The van der Waals surface area contributed by atoms with Gasteiger partial charge in [-0.15, -0.1) is 12.4 Å². The van der Waals surface area contributed by atoms with Crippen molar-refractivity contribution < 1.29 is 4.79 Å². The second-order valence-corrected chi connectivity index (χ2v) is 5.02. The van der Waals surface area contributed by atoms with Gasteiger partial charge >= 0.3 is 0 Å². The Morgan fingerprint density at radius 2 is 1.79 bits per heavy atom. The average Bonchev–Trinajstić information content (AvgIpc) is 2.42. The topological polar surface area (TPSA) is 41.1 Å². The Labute approximate surface area is 121 Å². The molecule has 3 nitrogen and oxygen atoms in total. The minimum absolute atomic E-state index is 0. The lowest BCUT2D eigenvalue weighted by Crippen LogP contribution is -2.44. The third-order valence-electron chi connectivity index (χ3n) is 3.76. The molecule has 0 saturated heterocycles. The smallest absolute Gasteiger partial charge is 0.241 e. The Morgan fingerprint density at radius 1 is 1.16 bits per heavy atom. The van der Waals surface area contributed by atoms with Gasteiger partial charge in [-0.2, -0.15) is 0 Å². The molecule has 1 atom stereocenters. The maximum Gasteiger partial charge on any atom is 0.241 e. The van der Waals surface area contributed by atoms with Crippen LogP contribution in [-0.2, 0) is 4.79 Å². The molecule has 0 spiro atoms. The van der Waals surface area contributed by atoms with E-state index in [0.717, 1.165) is 18.5 Å². The monoisotopic (exact) mass is 282 g/mol. The van der Waals surface area contributed by atoms with Crippen molar-refractivity contribution in [3.05, 3.63) is 30.3 Å². The molecular formula is C15H23ClN2O. The number of rotatable bonds is 4. The fraction of sp³-hybridized carbons (Fsp3) is 0.533. The first-order valence-corrected chi connectivity index (χ1v) is 6.84. The summed E-state index contributed by atoms with van der Waals surface area (Å²) in [7, 11) is 1.88. The number of para-hydroxylation sites is 1. The van der Waals surface area contributed by atoms with Crippen molar-refractivity contribution >= 4 is 24.0 Å². The van der Waals surface area contributed by atoms with Gasteiger partial charge in [0.05, 0.1) is 6.04 Å². The van der Waals surface area contributed by atoms with E-state index in [9.17, 15) is 4.79 Å². The highest BCUT2D eigenvalue weighted by Crippen LogP contribution is 2.27. The molecule has 1 aromatic rings. The van der Waals surface area contributed by atoms with Crippen LogP contribution in [0.15, 0.2) is 30.3 Å². The van der Waals surface area contributed by atoms with Crippen molar-refractivity contribution in [3.8, 4) is 0 Å². The van der Waals surface area contributed by atoms with Gasteiger partial charge in [0, 0.05) is 5.69 Å². The van der Waals surface area contributed by atoms with E-state index in [4.69, 9.17) is 0 Å². The lowest BCUT2D eigenvalue weighted by atomic mass is 9.83. The van der Waals surface area contributed by atoms with Crippen molar-refractivity contribution in [1.29, 1.82) is 0 Å². The van der Waals surface area contributed by atoms with Gasteiger partial charge in [-0.1, -0.05) is 37.5 Å². The van der Waals surface area contributed by atoms with E-state index >= 15 is 0 Å². The summed E-state index contributed by atoms with van der Waals surface area (Å²) in [6.45, 7) is 0. The van der Waals surface area contributed by atoms with Gasteiger partial charge in [-0.3, -0.25) is 4.79 Å². The number of hydrogen-bond donors (Lipinski definition) is 2. The summed E-state index contributed by atoms with van der Waals surface area (Å²) >= 11 is 0. The summed E-state index contributed by atoms with van der Waals surface area (Å²) in [5, 5.41) is 6.17. The molecular weight excluding hydrogens is 260 g/mol. The number of benzene rings is 1. The zero-order valence-corrected chi connectivity index (χ0v) is 12.2. The van der Waals surface area contributed by atoms with Crippen LogP contribution < -0.4 is 10.6 Å². The minimum atomic E-state index is -0.0643. The highest BCUT2D eigenvalue weighted by atomic mass is 35.5. The number of carbonyl (C=O) groups excluding carboxylic acids is 1. The van der Waals surface area contributed by atoms with E-state index in [1.807, 2.05) is 37.4 Å². The van der Waals surface area contributed by atoms with Gasteiger partial charge in [0.25, 0.3) is 0 Å². The summed E-state index contributed by atoms with van der Waals surface area (Å²) in [6, 6.07) is 9.60. The maximum atomic E-state index is 12.3. The second-order valence-electron chi connectivity index (χ2n) is 5.02. The molecule has 0 bridgehead atoms. The quantitative estimate of drug-likeness (QED) is 0.890. The molecule has 106 valence electrons. The normalized spacial score (nSPS) is 17.3. The minimum Gasteiger partial charge on any atom is -0.325 e. The summed E-state index contributed by atoms with van der Waals surface area (Å²) in [5.74, 6) is 0.572. The van der Waals surface area contributed by atoms with E-state index in [0.29, 0.717) is 5.92 Å². The molecule has 4 heteroatoms. The van der Waals surface area contributed by atoms with E-state index in [1.54, 1.807) is 0 Å². The van der Waals surface area contributed by atoms with E-state index in [-0.39, 0.29) is 24.4 Å². The number of anilines is 1. The third kappa shape index (κ3) is 4.51. The third-order valence-corrected chi connectivity index (χ3v) is 3.76.